The first-order valence-electron chi connectivity index (χ1n) is 7.49. The van der Waals surface area contributed by atoms with E-state index < -0.39 is 24.3 Å². The van der Waals surface area contributed by atoms with Gasteiger partial charge < -0.3 is 14.7 Å². The number of amides is 1. The molecule has 8 heteroatoms. The van der Waals surface area contributed by atoms with Crippen molar-refractivity contribution in [3.05, 3.63) is 35.4 Å². The van der Waals surface area contributed by atoms with Gasteiger partial charge in [0.25, 0.3) is 0 Å². The summed E-state index contributed by atoms with van der Waals surface area (Å²) in [6.07, 6.45) is -3.52. The maximum Gasteiger partial charge on any atom is 0.416 e. The molecule has 5 nitrogen and oxygen atoms in total. The Balaban J connectivity index is 2.04. The van der Waals surface area contributed by atoms with E-state index in [1.54, 1.807) is 0 Å². The van der Waals surface area contributed by atoms with E-state index in [-0.39, 0.29) is 24.8 Å². The molecule has 1 N–H and O–H groups in total. The number of hydrogen-bond acceptors (Lipinski definition) is 3. The second-order valence-electron chi connectivity index (χ2n) is 5.77. The number of halogens is 3. The fourth-order valence-corrected chi connectivity index (χ4v) is 2.54. The standard InChI is InChI=1S/C16H18F3NO4/c17-16(18,19)13-3-1-11(2-4-13)8-20(9-15(22)23)14(21)7-12-5-6-24-10-12/h1-4,12H,5-10H2,(H,22,23)/t12-/m1/s1. The SMILES string of the molecule is O=C(O)CN(Cc1ccc(C(F)(F)F)cc1)C(=O)C[C@H]1CCOC1. The van der Waals surface area contributed by atoms with E-state index in [1.165, 1.54) is 12.1 Å². The fourth-order valence-electron chi connectivity index (χ4n) is 2.54. The Bertz CT molecular complexity index is 580. The van der Waals surface area contributed by atoms with E-state index in [0.717, 1.165) is 23.5 Å². The molecule has 0 bridgehead atoms. The molecule has 1 heterocycles. The van der Waals surface area contributed by atoms with Gasteiger partial charge in [-0.15, -0.1) is 0 Å². The van der Waals surface area contributed by atoms with Crippen LogP contribution in [0.4, 0.5) is 13.2 Å². The van der Waals surface area contributed by atoms with Crippen molar-refractivity contribution in [2.45, 2.75) is 25.6 Å². The molecule has 24 heavy (non-hydrogen) atoms. The van der Waals surface area contributed by atoms with Crippen molar-refractivity contribution in [1.29, 1.82) is 0 Å². The Morgan fingerprint density at radius 3 is 2.42 bits per heavy atom. The molecule has 1 atom stereocenters. The number of carbonyl (C=O) groups is 2. The van der Waals surface area contributed by atoms with Crippen LogP contribution in [-0.4, -0.2) is 41.6 Å². The zero-order valence-electron chi connectivity index (χ0n) is 12.9. The van der Waals surface area contributed by atoms with E-state index in [2.05, 4.69) is 0 Å². The molecule has 2 rings (SSSR count). The third-order valence-electron chi connectivity index (χ3n) is 3.82. The van der Waals surface area contributed by atoms with Crippen LogP contribution in [0, 0.1) is 5.92 Å². The molecule has 1 fully saturated rings. The molecule has 1 aliphatic rings. The van der Waals surface area contributed by atoms with Gasteiger partial charge in [-0.2, -0.15) is 13.2 Å². The molecule has 1 aliphatic heterocycles. The van der Waals surface area contributed by atoms with E-state index in [1.807, 2.05) is 0 Å². The number of carboxylic acid groups (broad SMARTS) is 1. The lowest BCUT2D eigenvalue weighted by atomic mass is 10.0. The Kier molecular flexibility index (Phi) is 5.82. The molecule has 0 unspecified atom stereocenters. The molecule has 0 saturated carbocycles. The van der Waals surface area contributed by atoms with Gasteiger partial charge in [-0.25, -0.2) is 0 Å². The number of rotatable bonds is 6. The van der Waals surface area contributed by atoms with E-state index in [9.17, 15) is 22.8 Å². The minimum absolute atomic E-state index is 0.0448. The number of benzene rings is 1. The third kappa shape index (κ3) is 5.23. The number of carboxylic acids is 1. The van der Waals surface area contributed by atoms with E-state index >= 15 is 0 Å². The molecular formula is C16H18F3NO4. The van der Waals surface area contributed by atoms with Crippen LogP contribution < -0.4 is 0 Å². The fraction of sp³-hybridized carbons (Fsp3) is 0.500. The van der Waals surface area contributed by atoms with Crippen molar-refractivity contribution in [2.75, 3.05) is 19.8 Å². The highest BCUT2D eigenvalue weighted by molar-refractivity contribution is 5.81. The molecule has 0 aliphatic carbocycles. The Labute approximate surface area is 137 Å². The monoisotopic (exact) mass is 345 g/mol. The summed E-state index contributed by atoms with van der Waals surface area (Å²) in [5, 5.41) is 8.96. The van der Waals surface area contributed by atoms with Gasteiger partial charge in [0, 0.05) is 26.2 Å². The van der Waals surface area contributed by atoms with Crippen molar-refractivity contribution in [2.24, 2.45) is 5.92 Å². The number of alkyl halides is 3. The summed E-state index contributed by atoms with van der Waals surface area (Å²) in [5.74, 6) is -1.45. The van der Waals surface area contributed by atoms with Gasteiger partial charge in [-0.05, 0) is 30.0 Å². The molecule has 0 spiro atoms. The van der Waals surface area contributed by atoms with Gasteiger partial charge in [0.1, 0.15) is 6.54 Å². The van der Waals surface area contributed by atoms with Gasteiger partial charge in [-0.3, -0.25) is 9.59 Å². The van der Waals surface area contributed by atoms with Crippen LogP contribution >= 0.6 is 0 Å². The zero-order chi connectivity index (χ0) is 17.7. The smallest absolute Gasteiger partial charge is 0.416 e. The van der Waals surface area contributed by atoms with Crippen molar-refractivity contribution in [3.63, 3.8) is 0 Å². The van der Waals surface area contributed by atoms with Crippen LogP contribution in [0.15, 0.2) is 24.3 Å². The Morgan fingerprint density at radius 1 is 1.25 bits per heavy atom. The number of carbonyl (C=O) groups excluding carboxylic acids is 1. The maximum absolute atomic E-state index is 12.6. The molecule has 132 valence electrons. The molecule has 0 radical (unpaired) electrons. The van der Waals surface area contributed by atoms with Crippen molar-refractivity contribution in [1.82, 2.24) is 4.90 Å². The highest BCUT2D eigenvalue weighted by atomic mass is 19.4. The molecule has 0 aromatic heterocycles. The first-order valence-corrected chi connectivity index (χ1v) is 7.49. The summed E-state index contributed by atoms with van der Waals surface area (Å²) >= 11 is 0. The highest BCUT2D eigenvalue weighted by Gasteiger charge is 2.30. The van der Waals surface area contributed by atoms with Gasteiger partial charge in [0.15, 0.2) is 0 Å². The molecule has 1 amide bonds. The van der Waals surface area contributed by atoms with E-state index in [4.69, 9.17) is 9.84 Å². The average molecular weight is 345 g/mol. The first kappa shape index (κ1) is 18.3. The Morgan fingerprint density at radius 2 is 1.92 bits per heavy atom. The van der Waals surface area contributed by atoms with Crippen LogP contribution in [0.1, 0.15) is 24.0 Å². The summed E-state index contributed by atoms with van der Waals surface area (Å²) in [6, 6.07) is 4.35. The first-order chi connectivity index (χ1) is 11.3. The van der Waals surface area contributed by atoms with Crippen molar-refractivity contribution >= 4 is 11.9 Å². The van der Waals surface area contributed by atoms with E-state index in [0.29, 0.717) is 18.8 Å². The average Bonchev–Trinajstić information content (AvgIpc) is 2.98. The maximum atomic E-state index is 12.6. The van der Waals surface area contributed by atoms with Crippen LogP contribution in [0.25, 0.3) is 0 Å². The summed E-state index contributed by atoms with van der Waals surface area (Å²) in [7, 11) is 0. The number of nitrogens with zero attached hydrogens (tertiary/aromatic N) is 1. The number of ether oxygens (including phenoxy) is 1. The lowest BCUT2D eigenvalue weighted by molar-refractivity contribution is -0.145. The highest BCUT2D eigenvalue weighted by Crippen LogP contribution is 2.29. The van der Waals surface area contributed by atoms with Gasteiger partial charge >= 0.3 is 12.1 Å². The molecular weight excluding hydrogens is 327 g/mol. The summed E-state index contributed by atoms with van der Waals surface area (Å²) in [4.78, 5) is 24.4. The summed E-state index contributed by atoms with van der Waals surface area (Å²) in [5.41, 5.74) is -0.342. The largest absolute Gasteiger partial charge is 0.480 e. The summed E-state index contributed by atoms with van der Waals surface area (Å²) < 4.78 is 42.9. The molecule has 1 aromatic carbocycles. The second-order valence-corrected chi connectivity index (χ2v) is 5.77. The zero-order valence-corrected chi connectivity index (χ0v) is 12.9. The second kappa shape index (κ2) is 7.65. The van der Waals surface area contributed by atoms with Crippen LogP contribution in [0.3, 0.4) is 0 Å². The predicted molar refractivity (Wildman–Crippen MR) is 78.0 cm³/mol. The number of hydrogen-bond donors (Lipinski definition) is 1. The van der Waals surface area contributed by atoms with Gasteiger partial charge in [0.2, 0.25) is 5.91 Å². The van der Waals surface area contributed by atoms with Crippen LogP contribution in [0.2, 0.25) is 0 Å². The topological polar surface area (TPSA) is 66.8 Å². The third-order valence-corrected chi connectivity index (χ3v) is 3.82. The van der Waals surface area contributed by atoms with Crippen LogP contribution in [0.5, 0.6) is 0 Å². The quantitative estimate of drug-likeness (QED) is 0.860. The Hall–Kier alpha value is -2.09. The van der Waals surface area contributed by atoms with Gasteiger partial charge in [-0.1, -0.05) is 12.1 Å². The lowest BCUT2D eigenvalue weighted by Gasteiger charge is -2.22. The molecule has 1 aromatic rings. The number of aliphatic carboxylic acids is 1. The van der Waals surface area contributed by atoms with Gasteiger partial charge in [0.05, 0.1) is 5.56 Å². The lowest BCUT2D eigenvalue weighted by Crippen LogP contribution is -2.36. The minimum Gasteiger partial charge on any atom is -0.480 e. The van der Waals surface area contributed by atoms with Crippen molar-refractivity contribution in [3.8, 4) is 0 Å². The normalized spacial score (nSPS) is 17.7. The minimum atomic E-state index is -4.43. The van der Waals surface area contributed by atoms with Crippen LogP contribution in [-0.2, 0) is 27.0 Å². The van der Waals surface area contributed by atoms with Crippen molar-refractivity contribution < 1.29 is 32.6 Å². The molecule has 1 saturated heterocycles. The summed E-state index contributed by atoms with van der Waals surface area (Å²) in [6.45, 7) is 0.507. The predicted octanol–water partition coefficient (Wildman–Crippen LogP) is 2.55.